The number of hydrogen-bond donors (Lipinski definition) is 0. The number of ether oxygens (including phenoxy) is 2. The third-order valence-corrected chi connectivity index (χ3v) is 2.67. The molecule has 0 aliphatic heterocycles. The van der Waals surface area contributed by atoms with Gasteiger partial charge >= 0.3 is 5.97 Å². The fraction of sp³-hybridized carbons (Fsp3) is 0.909. The van der Waals surface area contributed by atoms with Crippen molar-refractivity contribution in [2.24, 2.45) is 5.92 Å². The van der Waals surface area contributed by atoms with Gasteiger partial charge in [0.2, 0.25) is 0 Å². The molecule has 2 atom stereocenters. The van der Waals surface area contributed by atoms with Crippen LogP contribution in [0.4, 0.5) is 0 Å². The molecule has 2 unspecified atom stereocenters. The van der Waals surface area contributed by atoms with E-state index in [0.717, 1.165) is 19.3 Å². The van der Waals surface area contributed by atoms with Crippen LogP contribution in [0, 0.1) is 5.92 Å². The molecule has 0 saturated heterocycles. The molecule has 0 heterocycles. The largest absolute Gasteiger partial charge is 0.466 e. The summed E-state index contributed by atoms with van der Waals surface area (Å²) in [5.41, 5.74) is 0. The molecule has 0 aromatic carbocycles. The monoisotopic (exact) mass is 200 g/mol. The quantitative estimate of drug-likeness (QED) is 0.652. The predicted octanol–water partition coefficient (Wildman–Crippen LogP) is 2.14. The highest BCUT2D eigenvalue weighted by atomic mass is 16.5. The molecule has 0 N–H and O–H groups in total. The fourth-order valence-electron chi connectivity index (χ4n) is 2.03. The molecule has 0 spiro atoms. The normalized spacial score (nSPS) is 27.3. The molecule has 0 amide bonds. The molecule has 1 aliphatic rings. The Labute approximate surface area is 85.8 Å². The van der Waals surface area contributed by atoms with Crippen LogP contribution < -0.4 is 0 Å². The predicted molar refractivity (Wildman–Crippen MR) is 54.0 cm³/mol. The summed E-state index contributed by atoms with van der Waals surface area (Å²) < 4.78 is 10.6. The van der Waals surface area contributed by atoms with Crippen LogP contribution in [0.15, 0.2) is 0 Å². The molecule has 82 valence electrons. The highest BCUT2D eigenvalue weighted by molar-refractivity contribution is 5.73. The third-order valence-electron chi connectivity index (χ3n) is 2.67. The number of rotatable bonds is 4. The summed E-state index contributed by atoms with van der Waals surface area (Å²) >= 11 is 0. The van der Waals surface area contributed by atoms with Gasteiger partial charge in [-0.15, -0.1) is 0 Å². The van der Waals surface area contributed by atoms with E-state index in [2.05, 4.69) is 0 Å². The Morgan fingerprint density at radius 3 is 2.57 bits per heavy atom. The van der Waals surface area contributed by atoms with E-state index in [4.69, 9.17) is 9.47 Å². The molecule has 0 aromatic heterocycles. The highest BCUT2D eigenvalue weighted by Gasteiger charge is 2.32. The smallest absolute Gasteiger partial charge is 0.311 e. The van der Waals surface area contributed by atoms with Gasteiger partial charge in [-0.2, -0.15) is 0 Å². The summed E-state index contributed by atoms with van der Waals surface area (Å²) in [5, 5.41) is 0. The van der Waals surface area contributed by atoms with Gasteiger partial charge in [0.1, 0.15) is 0 Å². The minimum Gasteiger partial charge on any atom is -0.466 e. The summed E-state index contributed by atoms with van der Waals surface area (Å²) in [5.74, 6) is -0.103. The molecule has 1 rings (SSSR count). The molecular formula is C11H20O3. The Morgan fingerprint density at radius 1 is 1.21 bits per heavy atom. The minimum atomic E-state index is -0.0781. The van der Waals surface area contributed by atoms with E-state index in [1.807, 2.05) is 13.8 Å². The van der Waals surface area contributed by atoms with E-state index in [1.54, 1.807) is 0 Å². The second-order valence-corrected chi connectivity index (χ2v) is 3.64. The Bertz CT molecular complexity index is 177. The van der Waals surface area contributed by atoms with E-state index in [-0.39, 0.29) is 18.0 Å². The van der Waals surface area contributed by atoms with Crippen molar-refractivity contribution in [1.82, 2.24) is 0 Å². The molecule has 1 fully saturated rings. The van der Waals surface area contributed by atoms with Crippen molar-refractivity contribution in [3.63, 3.8) is 0 Å². The molecule has 14 heavy (non-hydrogen) atoms. The van der Waals surface area contributed by atoms with Crippen LogP contribution in [0.1, 0.15) is 39.5 Å². The topological polar surface area (TPSA) is 35.5 Å². The van der Waals surface area contributed by atoms with Crippen molar-refractivity contribution in [2.45, 2.75) is 45.6 Å². The number of carbonyl (C=O) groups is 1. The van der Waals surface area contributed by atoms with Crippen molar-refractivity contribution in [2.75, 3.05) is 13.2 Å². The van der Waals surface area contributed by atoms with Crippen LogP contribution in [0.5, 0.6) is 0 Å². The number of hydrogen-bond acceptors (Lipinski definition) is 3. The first-order valence-corrected chi connectivity index (χ1v) is 5.57. The van der Waals surface area contributed by atoms with Crippen LogP contribution in [0.25, 0.3) is 0 Å². The average Bonchev–Trinajstić information content (AvgIpc) is 2.19. The summed E-state index contributed by atoms with van der Waals surface area (Å²) in [7, 11) is 0. The number of esters is 1. The van der Waals surface area contributed by atoms with Crippen molar-refractivity contribution in [3.8, 4) is 0 Å². The lowest BCUT2D eigenvalue weighted by Gasteiger charge is -2.29. The molecular weight excluding hydrogens is 180 g/mol. The molecule has 0 radical (unpaired) electrons. The second-order valence-electron chi connectivity index (χ2n) is 3.64. The Hall–Kier alpha value is -0.570. The van der Waals surface area contributed by atoms with Crippen LogP contribution >= 0.6 is 0 Å². The van der Waals surface area contributed by atoms with E-state index < -0.39 is 0 Å². The highest BCUT2D eigenvalue weighted by Crippen LogP contribution is 2.27. The standard InChI is InChI=1S/C11H20O3/c1-3-13-10-8-6-5-7-9(10)11(12)14-4-2/h9-10H,3-8H2,1-2H3. The van der Waals surface area contributed by atoms with Gasteiger partial charge in [-0.3, -0.25) is 4.79 Å². The fourth-order valence-corrected chi connectivity index (χ4v) is 2.03. The Balaban J connectivity index is 2.48. The molecule has 1 saturated carbocycles. The Kier molecular flexibility index (Phi) is 4.94. The van der Waals surface area contributed by atoms with Crippen molar-refractivity contribution < 1.29 is 14.3 Å². The van der Waals surface area contributed by atoms with Gasteiger partial charge in [0.05, 0.1) is 18.6 Å². The van der Waals surface area contributed by atoms with E-state index >= 15 is 0 Å². The van der Waals surface area contributed by atoms with Crippen LogP contribution in [-0.2, 0) is 14.3 Å². The van der Waals surface area contributed by atoms with E-state index in [1.165, 1.54) is 6.42 Å². The maximum atomic E-state index is 11.6. The van der Waals surface area contributed by atoms with Gasteiger partial charge in [0, 0.05) is 6.61 Å². The van der Waals surface area contributed by atoms with Crippen molar-refractivity contribution in [3.05, 3.63) is 0 Å². The SMILES string of the molecule is CCOC(=O)C1CCCCC1OCC. The van der Waals surface area contributed by atoms with Gasteiger partial charge in [0.25, 0.3) is 0 Å². The van der Waals surface area contributed by atoms with Gasteiger partial charge in [-0.25, -0.2) is 0 Å². The minimum absolute atomic E-state index is 0.0244. The first kappa shape index (κ1) is 11.5. The maximum absolute atomic E-state index is 11.6. The molecule has 0 aromatic rings. The summed E-state index contributed by atoms with van der Waals surface area (Å²) in [4.78, 5) is 11.6. The lowest BCUT2D eigenvalue weighted by atomic mass is 9.86. The van der Waals surface area contributed by atoms with Gasteiger partial charge in [-0.05, 0) is 26.7 Å². The van der Waals surface area contributed by atoms with Gasteiger partial charge in [0.15, 0.2) is 0 Å². The second kappa shape index (κ2) is 6.02. The zero-order chi connectivity index (χ0) is 10.4. The van der Waals surface area contributed by atoms with Crippen molar-refractivity contribution in [1.29, 1.82) is 0 Å². The summed E-state index contributed by atoms with van der Waals surface area (Å²) in [6.07, 6.45) is 4.29. The molecule has 3 heteroatoms. The molecule has 0 bridgehead atoms. The van der Waals surface area contributed by atoms with Crippen LogP contribution in [0.3, 0.4) is 0 Å². The lowest BCUT2D eigenvalue weighted by molar-refractivity contribution is -0.155. The Morgan fingerprint density at radius 2 is 1.93 bits per heavy atom. The molecule has 3 nitrogen and oxygen atoms in total. The van der Waals surface area contributed by atoms with Gasteiger partial charge in [-0.1, -0.05) is 12.8 Å². The van der Waals surface area contributed by atoms with Crippen molar-refractivity contribution >= 4 is 5.97 Å². The van der Waals surface area contributed by atoms with E-state index in [9.17, 15) is 4.79 Å². The molecule has 1 aliphatic carbocycles. The third kappa shape index (κ3) is 2.98. The van der Waals surface area contributed by atoms with Crippen LogP contribution in [-0.4, -0.2) is 25.3 Å². The lowest BCUT2D eigenvalue weighted by Crippen LogP contribution is -2.34. The first-order chi connectivity index (χ1) is 6.79. The number of carbonyl (C=O) groups excluding carboxylic acids is 1. The first-order valence-electron chi connectivity index (χ1n) is 5.57. The van der Waals surface area contributed by atoms with Gasteiger partial charge < -0.3 is 9.47 Å². The average molecular weight is 200 g/mol. The zero-order valence-electron chi connectivity index (χ0n) is 9.12. The summed E-state index contributed by atoms with van der Waals surface area (Å²) in [6, 6.07) is 0. The summed E-state index contributed by atoms with van der Waals surface area (Å²) in [6.45, 7) is 4.96. The maximum Gasteiger partial charge on any atom is 0.311 e. The van der Waals surface area contributed by atoms with E-state index in [0.29, 0.717) is 13.2 Å². The zero-order valence-corrected chi connectivity index (χ0v) is 9.12. The van der Waals surface area contributed by atoms with Crippen LogP contribution in [0.2, 0.25) is 0 Å².